The van der Waals surface area contributed by atoms with Crippen LogP contribution in [0.1, 0.15) is 31.4 Å². The predicted octanol–water partition coefficient (Wildman–Crippen LogP) is 3.93. The van der Waals surface area contributed by atoms with Crippen LogP contribution in [0.15, 0.2) is 48.7 Å². The van der Waals surface area contributed by atoms with E-state index in [-0.39, 0.29) is 0 Å². The summed E-state index contributed by atoms with van der Waals surface area (Å²) >= 11 is 0. The van der Waals surface area contributed by atoms with Crippen molar-refractivity contribution in [2.45, 2.75) is 33.4 Å². The Morgan fingerprint density at radius 2 is 1.71 bits per heavy atom. The quantitative estimate of drug-likeness (QED) is 0.795. The normalized spacial score (nSPS) is 10.8. The van der Waals surface area contributed by atoms with Crippen LogP contribution >= 0.6 is 0 Å². The van der Waals surface area contributed by atoms with Crippen LogP contribution in [0.4, 0.5) is 5.82 Å². The number of nitrogens with zero attached hydrogens (tertiary/aromatic N) is 2. The lowest BCUT2D eigenvalue weighted by atomic mass is 10.2. The molecule has 0 spiro atoms. The van der Waals surface area contributed by atoms with Gasteiger partial charge in [-0.1, -0.05) is 50.2 Å². The van der Waals surface area contributed by atoms with Crippen molar-refractivity contribution >= 4 is 5.82 Å². The summed E-state index contributed by atoms with van der Waals surface area (Å²) in [4.78, 5) is 6.89. The van der Waals surface area contributed by atoms with Gasteiger partial charge in [-0.2, -0.15) is 0 Å². The van der Waals surface area contributed by atoms with Crippen LogP contribution in [0.5, 0.6) is 0 Å². The Morgan fingerprint density at radius 3 is 2.33 bits per heavy atom. The summed E-state index contributed by atoms with van der Waals surface area (Å²) in [6.45, 7) is 8.28. The maximum absolute atomic E-state index is 4.47. The van der Waals surface area contributed by atoms with Gasteiger partial charge in [0, 0.05) is 25.8 Å². The van der Waals surface area contributed by atoms with Crippen molar-refractivity contribution in [3.8, 4) is 0 Å². The zero-order valence-electron chi connectivity index (χ0n) is 13.0. The van der Waals surface area contributed by atoms with Crippen molar-refractivity contribution in [3.63, 3.8) is 0 Å². The molecule has 3 nitrogen and oxygen atoms in total. The topological polar surface area (TPSA) is 28.2 Å². The van der Waals surface area contributed by atoms with Gasteiger partial charge in [-0.15, -0.1) is 0 Å². The van der Waals surface area contributed by atoms with Crippen molar-refractivity contribution in [1.29, 1.82) is 0 Å². The molecule has 0 radical (unpaired) electrons. The highest BCUT2D eigenvalue weighted by Gasteiger charge is 2.05. The number of hydrogen-bond acceptors (Lipinski definition) is 3. The van der Waals surface area contributed by atoms with E-state index in [1.54, 1.807) is 0 Å². The number of rotatable bonds is 8. The molecule has 0 aliphatic rings. The van der Waals surface area contributed by atoms with E-state index in [9.17, 15) is 0 Å². The fourth-order valence-corrected chi connectivity index (χ4v) is 2.25. The van der Waals surface area contributed by atoms with E-state index in [1.165, 1.54) is 11.1 Å². The molecule has 0 amide bonds. The minimum Gasteiger partial charge on any atom is -0.370 e. The molecule has 1 heterocycles. The molecule has 1 N–H and O–H groups in total. The summed E-state index contributed by atoms with van der Waals surface area (Å²) in [5.74, 6) is 0.965. The van der Waals surface area contributed by atoms with Crippen LogP contribution in [-0.2, 0) is 13.1 Å². The van der Waals surface area contributed by atoms with E-state index < -0.39 is 0 Å². The van der Waals surface area contributed by atoms with Gasteiger partial charge in [0.1, 0.15) is 5.82 Å². The fraction of sp³-hybridized carbons (Fsp3) is 0.389. The average Bonchev–Trinajstić information content (AvgIpc) is 2.54. The van der Waals surface area contributed by atoms with Crippen LogP contribution in [-0.4, -0.2) is 23.0 Å². The summed E-state index contributed by atoms with van der Waals surface area (Å²) in [7, 11) is 0. The molecule has 112 valence electrons. The van der Waals surface area contributed by atoms with E-state index in [2.05, 4.69) is 71.5 Å². The van der Waals surface area contributed by atoms with Gasteiger partial charge in [-0.05, 0) is 30.2 Å². The predicted molar refractivity (Wildman–Crippen MR) is 89.2 cm³/mol. The molecule has 3 heteroatoms. The maximum Gasteiger partial charge on any atom is 0.125 e. The van der Waals surface area contributed by atoms with E-state index in [0.29, 0.717) is 0 Å². The molecule has 1 aromatic carbocycles. The summed E-state index contributed by atoms with van der Waals surface area (Å²) in [5, 5.41) is 3.30. The van der Waals surface area contributed by atoms with E-state index in [0.717, 1.165) is 38.4 Å². The summed E-state index contributed by atoms with van der Waals surface area (Å²) < 4.78 is 0. The molecule has 21 heavy (non-hydrogen) atoms. The van der Waals surface area contributed by atoms with Crippen molar-refractivity contribution in [3.05, 3.63) is 59.8 Å². The molecule has 0 aliphatic heterocycles. The third-order valence-corrected chi connectivity index (χ3v) is 3.48. The van der Waals surface area contributed by atoms with Gasteiger partial charge in [0.25, 0.3) is 0 Å². The molecule has 0 saturated heterocycles. The first kappa shape index (κ1) is 15.5. The minimum atomic E-state index is 0.937. The van der Waals surface area contributed by atoms with Gasteiger partial charge in [-0.3, -0.25) is 4.90 Å². The number of nitrogens with one attached hydrogen (secondary N) is 1. The number of aromatic nitrogens is 1. The molecule has 0 saturated carbocycles. The zero-order valence-corrected chi connectivity index (χ0v) is 13.0. The van der Waals surface area contributed by atoms with Gasteiger partial charge >= 0.3 is 0 Å². The second-order valence-electron chi connectivity index (χ2n) is 5.27. The van der Waals surface area contributed by atoms with Gasteiger partial charge in [0.2, 0.25) is 0 Å². The lowest BCUT2D eigenvalue weighted by molar-refractivity contribution is 0.271. The molecular weight excluding hydrogens is 258 g/mol. The van der Waals surface area contributed by atoms with Crippen LogP contribution in [0.2, 0.25) is 0 Å². The smallest absolute Gasteiger partial charge is 0.125 e. The first-order valence-electron chi connectivity index (χ1n) is 7.77. The molecule has 0 fully saturated rings. The highest BCUT2D eigenvalue weighted by molar-refractivity contribution is 5.35. The molecule has 1 aromatic heterocycles. The largest absolute Gasteiger partial charge is 0.370 e. The minimum absolute atomic E-state index is 0.937. The Kier molecular flexibility index (Phi) is 6.22. The SMILES string of the molecule is CCCNc1ccc(CN(CC)Cc2ccccc2)cn1. The highest BCUT2D eigenvalue weighted by Crippen LogP contribution is 2.11. The molecule has 0 aliphatic carbocycles. The summed E-state index contributed by atoms with van der Waals surface area (Å²) in [6.07, 6.45) is 3.09. The summed E-state index contributed by atoms with van der Waals surface area (Å²) in [5.41, 5.74) is 2.61. The highest BCUT2D eigenvalue weighted by atomic mass is 15.1. The first-order valence-corrected chi connectivity index (χ1v) is 7.77. The number of benzene rings is 1. The van der Waals surface area contributed by atoms with Gasteiger partial charge in [0.15, 0.2) is 0 Å². The molecular formula is C18H25N3. The van der Waals surface area contributed by atoms with E-state index in [4.69, 9.17) is 0 Å². The monoisotopic (exact) mass is 283 g/mol. The number of hydrogen-bond donors (Lipinski definition) is 1. The lowest BCUT2D eigenvalue weighted by Gasteiger charge is -2.20. The molecule has 2 rings (SSSR count). The lowest BCUT2D eigenvalue weighted by Crippen LogP contribution is -2.22. The van der Waals surface area contributed by atoms with Crippen molar-refractivity contribution in [2.24, 2.45) is 0 Å². The van der Waals surface area contributed by atoms with Gasteiger partial charge in [0.05, 0.1) is 0 Å². The molecule has 0 atom stereocenters. The number of anilines is 1. The van der Waals surface area contributed by atoms with Crippen molar-refractivity contribution < 1.29 is 0 Å². The number of pyridine rings is 1. The molecule has 0 bridgehead atoms. The Bertz CT molecular complexity index is 508. The Hall–Kier alpha value is -1.87. The first-order chi connectivity index (χ1) is 10.3. The summed E-state index contributed by atoms with van der Waals surface area (Å²) in [6, 6.07) is 14.8. The van der Waals surface area contributed by atoms with Crippen molar-refractivity contribution in [2.75, 3.05) is 18.4 Å². The van der Waals surface area contributed by atoms with E-state index in [1.807, 2.05) is 6.20 Å². The van der Waals surface area contributed by atoms with Gasteiger partial charge < -0.3 is 5.32 Å². The van der Waals surface area contributed by atoms with Crippen LogP contribution in [0.25, 0.3) is 0 Å². The Morgan fingerprint density at radius 1 is 0.952 bits per heavy atom. The Balaban J connectivity index is 1.92. The Labute approximate surface area is 128 Å². The second kappa shape index (κ2) is 8.42. The third-order valence-electron chi connectivity index (χ3n) is 3.48. The van der Waals surface area contributed by atoms with Gasteiger partial charge in [-0.25, -0.2) is 4.98 Å². The van der Waals surface area contributed by atoms with E-state index >= 15 is 0 Å². The fourth-order valence-electron chi connectivity index (χ4n) is 2.25. The zero-order chi connectivity index (χ0) is 14.9. The van der Waals surface area contributed by atoms with Crippen LogP contribution in [0.3, 0.4) is 0 Å². The van der Waals surface area contributed by atoms with Crippen LogP contribution in [0, 0.1) is 0 Å². The second-order valence-corrected chi connectivity index (χ2v) is 5.27. The molecule has 0 unspecified atom stereocenters. The average molecular weight is 283 g/mol. The van der Waals surface area contributed by atoms with Crippen molar-refractivity contribution in [1.82, 2.24) is 9.88 Å². The standard InChI is InChI=1S/C18H25N3/c1-3-12-19-18-11-10-17(13-20-18)15-21(4-2)14-16-8-6-5-7-9-16/h5-11,13H,3-4,12,14-15H2,1-2H3,(H,19,20). The molecule has 2 aromatic rings. The maximum atomic E-state index is 4.47. The van der Waals surface area contributed by atoms with Crippen LogP contribution < -0.4 is 5.32 Å². The third kappa shape index (κ3) is 5.20.